The molecular formula is C12H15Br2NO2S. The van der Waals surface area contributed by atoms with Crippen molar-refractivity contribution in [2.75, 3.05) is 13.2 Å². The predicted octanol–water partition coefficient (Wildman–Crippen LogP) is 3.96. The van der Waals surface area contributed by atoms with Crippen molar-refractivity contribution in [2.24, 2.45) is 0 Å². The third-order valence-electron chi connectivity index (χ3n) is 2.91. The number of nitrogens with one attached hydrogen (secondary N) is 1. The summed E-state index contributed by atoms with van der Waals surface area (Å²) in [5.41, 5.74) is 0. The van der Waals surface area contributed by atoms with Crippen molar-refractivity contribution >= 4 is 49.1 Å². The van der Waals surface area contributed by atoms with Gasteiger partial charge in [-0.25, -0.2) is 0 Å². The van der Waals surface area contributed by atoms with Crippen LogP contribution in [0.1, 0.15) is 35.4 Å². The Kier molecular flexibility index (Phi) is 5.66. The highest BCUT2D eigenvalue weighted by molar-refractivity contribution is 9.13. The molecule has 18 heavy (non-hydrogen) atoms. The third kappa shape index (κ3) is 4.05. The number of carbonyl (C=O) groups excluding carboxylic acids is 1. The minimum absolute atomic E-state index is 0.0404. The molecule has 0 saturated heterocycles. The van der Waals surface area contributed by atoms with Crippen LogP contribution < -0.4 is 5.32 Å². The Morgan fingerprint density at radius 3 is 2.78 bits per heavy atom. The molecule has 1 aromatic heterocycles. The van der Waals surface area contributed by atoms with Crippen LogP contribution in [-0.2, 0) is 4.74 Å². The van der Waals surface area contributed by atoms with Gasteiger partial charge in [0.25, 0.3) is 5.91 Å². The van der Waals surface area contributed by atoms with E-state index in [9.17, 15) is 4.79 Å². The molecule has 0 bridgehead atoms. The van der Waals surface area contributed by atoms with Crippen molar-refractivity contribution in [3.05, 3.63) is 19.2 Å². The molecule has 1 aliphatic carbocycles. The summed E-state index contributed by atoms with van der Waals surface area (Å²) in [6.45, 7) is 1.17. The fraction of sp³-hybridized carbons (Fsp3) is 0.583. The van der Waals surface area contributed by atoms with Crippen LogP contribution in [0.25, 0.3) is 0 Å². The highest BCUT2D eigenvalue weighted by atomic mass is 79.9. The standard InChI is InChI=1S/C12H15Br2NO2S/c13-9-7-10(18-11(9)14)12(16)15-5-6-17-8-3-1-2-4-8/h7-8H,1-6H2,(H,15,16). The number of rotatable bonds is 5. The van der Waals surface area contributed by atoms with Crippen LogP contribution in [0.5, 0.6) is 0 Å². The molecule has 0 radical (unpaired) electrons. The number of ether oxygens (including phenoxy) is 1. The Hall–Kier alpha value is 0.0900. The first-order valence-corrected chi connectivity index (χ1v) is 8.41. The fourth-order valence-corrected chi connectivity index (χ4v) is 3.94. The zero-order valence-electron chi connectivity index (χ0n) is 9.88. The maximum atomic E-state index is 11.8. The molecule has 1 fully saturated rings. The highest BCUT2D eigenvalue weighted by Gasteiger charge is 2.15. The van der Waals surface area contributed by atoms with Gasteiger partial charge in [-0.1, -0.05) is 12.8 Å². The smallest absolute Gasteiger partial charge is 0.261 e. The van der Waals surface area contributed by atoms with E-state index in [0.717, 1.165) is 8.26 Å². The van der Waals surface area contributed by atoms with Crippen molar-refractivity contribution in [2.45, 2.75) is 31.8 Å². The topological polar surface area (TPSA) is 38.3 Å². The summed E-state index contributed by atoms with van der Waals surface area (Å²) in [4.78, 5) is 12.5. The first-order valence-electron chi connectivity index (χ1n) is 6.01. The second kappa shape index (κ2) is 7.03. The number of halogens is 2. The quantitative estimate of drug-likeness (QED) is 0.765. The number of carbonyl (C=O) groups is 1. The van der Waals surface area contributed by atoms with Gasteiger partial charge in [0, 0.05) is 11.0 Å². The molecule has 2 rings (SSSR count). The molecule has 0 aliphatic heterocycles. The molecule has 1 heterocycles. The Labute approximate surface area is 128 Å². The van der Waals surface area contributed by atoms with Gasteiger partial charge in [0.1, 0.15) is 0 Å². The first-order chi connectivity index (χ1) is 8.66. The van der Waals surface area contributed by atoms with Gasteiger partial charge in [-0.05, 0) is 50.8 Å². The Morgan fingerprint density at radius 1 is 1.44 bits per heavy atom. The molecule has 0 aromatic carbocycles. The lowest BCUT2D eigenvalue weighted by atomic mass is 10.3. The normalized spacial score (nSPS) is 16.1. The molecule has 1 saturated carbocycles. The number of amides is 1. The molecule has 0 spiro atoms. The average Bonchev–Trinajstić information content (AvgIpc) is 2.96. The van der Waals surface area contributed by atoms with Gasteiger partial charge >= 0.3 is 0 Å². The summed E-state index contributed by atoms with van der Waals surface area (Å²) in [6, 6.07) is 1.82. The number of hydrogen-bond acceptors (Lipinski definition) is 3. The van der Waals surface area contributed by atoms with Crippen molar-refractivity contribution in [3.63, 3.8) is 0 Å². The van der Waals surface area contributed by atoms with Crippen LogP contribution in [0.2, 0.25) is 0 Å². The highest BCUT2D eigenvalue weighted by Crippen LogP contribution is 2.32. The van der Waals surface area contributed by atoms with E-state index in [-0.39, 0.29) is 5.91 Å². The van der Waals surface area contributed by atoms with Crippen molar-refractivity contribution in [1.29, 1.82) is 0 Å². The van der Waals surface area contributed by atoms with Gasteiger partial charge in [-0.15, -0.1) is 11.3 Å². The van der Waals surface area contributed by atoms with E-state index >= 15 is 0 Å². The van der Waals surface area contributed by atoms with Gasteiger partial charge in [-0.2, -0.15) is 0 Å². The second-order valence-corrected chi connectivity index (χ2v) is 7.49. The Morgan fingerprint density at radius 2 is 2.17 bits per heavy atom. The molecule has 1 aliphatic rings. The summed E-state index contributed by atoms with van der Waals surface area (Å²) < 4.78 is 7.54. The molecular weight excluding hydrogens is 382 g/mol. The predicted molar refractivity (Wildman–Crippen MR) is 80.3 cm³/mol. The molecule has 3 nitrogen and oxygen atoms in total. The SMILES string of the molecule is O=C(NCCOC1CCCC1)c1cc(Br)c(Br)s1. The van der Waals surface area contributed by atoms with Gasteiger partial charge < -0.3 is 10.1 Å². The lowest BCUT2D eigenvalue weighted by molar-refractivity contribution is 0.0582. The van der Waals surface area contributed by atoms with E-state index in [1.807, 2.05) is 6.07 Å². The van der Waals surface area contributed by atoms with Gasteiger partial charge in [-0.3, -0.25) is 4.79 Å². The maximum absolute atomic E-state index is 11.8. The van der Waals surface area contributed by atoms with E-state index in [0.29, 0.717) is 24.1 Å². The van der Waals surface area contributed by atoms with Crippen LogP contribution >= 0.6 is 43.2 Å². The fourth-order valence-electron chi connectivity index (χ4n) is 1.99. The molecule has 0 unspecified atom stereocenters. The van der Waals surface area contributed by atoms with Crippen LogP contribution in [0.4, 0.5) is 0 Å². The molecule has 1 N–H and O–H groups in total. The van der Waals surface area contributed by atoms with Crippen LogP contribution in [-0.4, -0.2) is 25.2 Å². The monoisotopic (exact) mass is 395 g/mol. The average molecular weight is 397 g/mol. The molecule has 6 heteroatoms. The van der Waals surface area contributed by atoms with E-state index < -0.39 is 0 Å². The zero-order chi connectivity index (χ0) is 13.0. The zero-order valence-corrected chi connectivity index (χ0v) is 13.9. The summed E-state index contributed by atoms with van der Waals surface area (Å²) in [5, 5.41) is 2.87. The second-order valence-electron chi connectivity index (χ2n) is 4.27. The summed E-state index contributed by atoms with van der Waals surface area (Å²) >= 11 is 8.17. The summed E-state index contributed by atoms with van der Waals surface area (Å²) in [5.74, 6) is -0.0404. The summed E-state index contributed by atoms with van der Waals surface area (Å²) in [6.07, 6.45) is 5.28. The van der Waals surface area contributed by atoms with Crippen LogP contribution in [0, 0.1) is 0 Å². The first kappa shape index (κ1) is 14.5. The van der Waals surface area contributed by atoms with E-state index in [2.05, 4.69) is 37.2 Å². The molecule has 1 aromatic rings. The van der Waals surface area contributed by atoms with Gasteiger partial charge in [0.2, 0.25) is 0 Å². The van der Waals surface area contributed by atoms with E-state index in [1.165, 1.54) is 37.0 Å². The Bertz CT molecular complexity index is 397. The maximum Gasteiger partial charge on any atom is 0.261 e. The van der Waals surface area contributed by atoms with Crippen LogP contribution in [0.3, 0.4) is 0 Å². The third-order valence-corrected chi connectivity index (χ3v) is 6.17. The van der Waals surface area contributed by atoms with Crippen LogP contribution in [0.15, 0.2) is 14.3 Å². The summed E-state index contributed by atoms with van der Waals surface area (Å²) in [7, 11) is 0. The lowest BCUT2D eigenvalue weighted by Gasteiger charge is -2.11. The minimum Gasteiger partial charge on any atom is -0.376 e. The Balaban J connectivity index is 1.68. The molecule has 1 amide bonds. The molecule has 0 atom stereocenters. The van der Waals surface area contributed by atoms with Crippen molar-refractivity contribution in [1.82, 2.24) is 5.32 Å². The largest absolute Gasteiger partial charge is 0.376 e. The van der Waals surface area contributed by atoms with Crippen molar-refractivity contribution in [3.8, 4) is 0 Å². The van der Waals surface area contributed by atoms with Gasteiger partial charge in [0.05, 0.1) is 21.4 Å². The van der Waals surface area contributed by atoms with Gasteiger partial charge in [0.15, 0.2) is 0 Å². The molecule has 100 valence electrons. The van der Waals surface area contributed by atoms with E-state index in [4.69, 9.17) is 4.74 Å². The van der Waals surface area contributed by atoms with E-state index in [1.54, 1.807) is 0 Å². The number of hydrogen-bond donors (Lipinski definition) is 1. The number of thiophene rings is 1. The minimum atomic E-state index is -0.0404. The van der Waals surface area contributed by atoms with Crippen molar-refractivity contribution < 1.29 is 9.53 Å². The lowest BCUT2D eigenvalue weighted by Crippen LogP contribution is -2.27.